The van der Waals surface area contributed by atoms with Gasteiger partial charge in [-0.3, -0.25) is 4.79 Å². The maximum atomic E-state index is 11.9. The van der Waals surface area contributed by atoms with Crippen LogP contribution in [0.25, 0.3) is 0 Å². The Morgan fingerprint density at radius 3 is 2.27 bits per heavy atom. The third kappa shape index (κ3) is 6.16. The van der Waals surface area contributed by atoms with Gasteiger partial charge in [-0.1, -0.05) is 32.9 Å². The Bertz CT molecular complexity index is 502. The second kappa shape index (κ2) is 7.82. The highest BCUT2D eigenvalue weighted by molar-refractivity contribution is 5.84. The molecule has 0 spiro atoms. The number of carbonyl (C=O) groups excluding carboxylic acids is 1. The van der Waals surface area contributed by atoms with Gasteiger partial charge in [-0.15, -0.1) is 0 Å². The first-order valence-electron chi connectivity index (χ1n) is 7.39. The van der Waals surface area contributed by atoms with Crippen molar-refractivity contribution in [1.29, 1.82) is 0 Å². The second-order valence-electron chi connectivity index (χ2n) is 6.53. The molecule has 0 aliphatic heterocycles. The molecule has 1 aromatic rings. The van der Waals surface area contributed by atoms with E-state index in [2.05, 4.69) is 26.1 Å². The zero-order valence-corrected chi connectivity index (χ0v) is 13.7. The van der Waals surface area contributed by atoms with Gasteiger partial charge in [-0.2, -0.15) is 0 Å². The van der Waals surface area contributed by atoms with E-state index in [1.165, 1.54) is 0 Å². The van der Waals surface area contributed by atoms with E-state index in [1.807, 2.05) is 0 Å². The number of aliphatic carboxylic acids is 1. The number of hydrogen-bond acceptors (Lipinski definition) is 3. The Kier molecular flexibility index (Phi) is 6.40. The van der Waals surface area contributed by atoms with Gasteiger partial charge in [0.25, 0.3) is 0 Å². The molecule has 122 valence electrons. The molecule has 0 radical (unpaired) electrons. The summed E-state index contributed by atoms with van der Waals surface area (Å²) in [7, 11) is 1.54. The number of rotatable bonds is 7. The lowest BCUT2D eigenvalue weighted by molar-refractivity contribution is -0.142. The first-order chi connectivity index (χ1) is 10.2. The van der Waals surface area contributed by atoms with Crippen LogP contribution in [0.3, 0.4) is 0 Å². The number of carboxylic acids is 1. The lowest BCUT2D eigenvalue weighted by atomic mass is 9.90. The second-order valence-corrected chi connectivity index (χ2v) is 6.53. The average molecular weight is 307 g/mol. The normalized spacial score (nSPS) is 12.5. The number of carbonyl (C=O) groups is 2. The molecule has 0 aliphatic carbocycles. The fraction of sp³-hybridized carbons (Fsp3) is 0.529. The van der Waals surface area contributed by atoms with Gasteiger partial charge in [-0.05, 0) is 36.0 Å². The highest BCUT2D eigenvalue weighted by Gasteiger charge is 2.22. The molecule has 1 rings (SSSR count). The Morgan fingerprint density at radius 2 is 1.82 bits per heavy atom. The van der Waals surface area contributed by atoms with Gasteiger partial charge in [-0.25, -0.2) is 4.79 Å². The smallest absolute Gasteiger partial charge is 0.330 e. The highest BCUT2D eigenvalue weighted by Crippen LogP contribution is 2.22. The van der Waals surface area contributed by atoms with E-state index >= 15 is 0 Å². The first kappa shape index (κ1) is 18.0. The lowest BCUT2D eigenvalue weighted by Crippen LogP contribution is -2.33. The molecular formula is C17H25NO4. The van der Waals surface area contributed by atoms with Crippen molar-refractivity contribution >= 4 is 11.9 Å². The minimum Gasteiger partial charge on any atom is -0.497 e. The maximum absolute atomic E-state index is 11.9. The van der Waals surface area contributed by atoms with E-state index in [0.717, 1.165) is 12.8 Å². The van der Waals surface area contributed by atoms with Gasteiger partial charge in [0.05, 0.1) is 7.11 Å². The molecule has 5 nitrogen and oxygen atoms in total. The summed E-state index contributed by atoms with van der Waals surface area (Å²) < 4.78 is 5.04. The zero-order valence-electron chi connectivity index (χ0n) is 13.7. The van der Waals surface area contributed by atoms with Gasteiger partial charge in [0.2, 0.25) is 5.91 Å². The number of benzene rings is 1. The molecule has 1 amide bonds. The topological polar surface area (TPSA) is 75.6 Å². The molecule has 5 heteroatoms. The predicted octanol–water partition coefficient (Wildman–Crippen LogP) is 3.15. The number of nitrogens with one attached hydrogen (secondary N) is 1. The van der Waals surface area contributed by atoms with Crippen LogP contribution >= 0.6 is 0 Å². The summed E-state index contributed by atoms with van der Waals surface area (Å²) in [4.78, 5) is 23.3. The number of hydrogen-bond donors (Lipinski definition) is 2. The molecule has 1 atom stereocenters. The number of carboxylic acid groups (broad SMARTS) is 1. The third-order valence-electron chi connectivity index (χ3n) is 3.33. The molecule has 0 saturated carbocycles. The van der Waals surface area contributed by atoms with Crippen LogP contribution in [-0.4, -0.2) is 24.1 Å². The first-order valence-corrected chi connectivity index (χ1v) is 7.39. The molecule has 2 N–H and O–H groups in total. The Balaban J connectivity index is 2.63. The quantitative estimate of drug-likeness (QED) is 0.811. The number of methoxy groups -OCH3 is 1. The maximum Gasteiger partial charge on any atom is 0.330 e. The summed E-state index contributed by atoms with van der Waals surface area (Å²) in [6.45, 7) is 6.34. The third-order valence-corrected chi connectivity index (χ3v) is 3.33. The van der Waals surface area contributed by atoms with E-state index in [4.69, 9.17) is 4.74 Å². The van der Waals surface area contributed by atoms with Crippen LogP contribution in [0.5, 0.6) is 5.75 Å². The average Bonchev–Trinajstić information content (AvgIpc) is 2.43. The van der Waals surface area contributed by atoms with Crippen LogP contribution in [-0.2, 0) is 9.59 Å². The van der Waals surface area contributed by atoms with E-state index in [0.29, 0.717) is 17.7 Å². The van der Waals surface area contributed by atoms with Gasteiger partial charge in [0.15, 0.2) is 6.04 Å². The largest absolute Gasteiger partial charge is 0.497 e. The van der Waals surface area contributed by atoms with Crippen LogP contribution in [0.2, 0.25) is 0 Å². The van der Waals surface area contributed by atoms with Gasteiger partial charge in [0.1, 0.15) is 5.75 Å². The molecule has 1 unspecified atom stereocenters. The van der Waals surface area contributed by atoms with Crippen LogP contribution < -0.4 is 10.1 Å². The molecule has 0 bridgehead atoms. The minimum absolute atomic E-state index is 0.169. The predicted molar refractivity (Wildman–Crippen MR) is 84.8 cm³/mol. The molecular weight excluding hydrogens is 282 g/mol. The SMILES string of the molecule is COc1ccc(C(NC(=O)CCCC(C)(C)C)C(=O)O)cc1. The number of amides is 1. The van der Waals surface area contributed by atoms with Crippen molar-refractivity contribution in [3.63, 3.8) is 0 Å². The summed E-state index contributed by atoms with van der Waals surface area (Å²) >= 11 is 0. The monoisotopic (exact) mass is 307 g/mol. The summed E-state index contributed by atoms with van der Waals surface area (Å²) in [6, 6.07) is 5.61. The lowest BCUT2D eigenvalue weighted by Gasteiger charge is -2.18. The molecule has 0 aliphatic rings. The van der Waals surface area contributed by atoms with Crippen LogP contribution in [0.15, 0.2) is 24.3 Å². The van der Waals surface area contributed by atoms with Crippen molar-refractivity contribution in [3.8, 4) is 5.75 Å². The van der Waals surface area contributed by atoms with Gasteiger partial charge >= 0.3 is 5.97 Å². The minimum atomic E-state index is -1.07. The fourth-order valence-corrected chi connectivity index (χ4v) is 2.10. The molecule has 1 aromatic carbocycles. The van der Waals surface area contributed by atoms with Crippen LogP contribution in [0.4, 0.5) is 0 Å². The van der Waals surface area contributed by atoms with Crippen LogP contribution in [0, 0.1) is 5.41 Å². The van der Waals surface area contributed by atoms with Gasteiger partial charge in [0, 0.05) is 6.42 Å². The molecule has 0 aromatic heterocycles. The Labute approximate surface area is 131 Å². The summed E-state index contributed by atoms with van der Waals surface area (Å²) in [5.41, 5.74) is 0.695. The van der Waals surface area contributed by atoms with Crippen molar-refractivity contribution in [1.82, 2.24) is 5.32 Å². The molecule has 0 saturated heterocycles. The highest BCUT2D eigenvalue weighted by atomic mass is 16.5. The van der Waals surface area contributed by atoms with Gasteiger partial charge < -0.3 is 15.2 Å². The Hall–Kier alpha value is -2.04. The van der Waals surface area contributed by atoms with Crippen molar-refractivity contribution < 1.29 is 19.4 Å². The summed E-state index contributed by atoms with van der Waals surface area (Å²) in [5, 5.41) is 11.9. The molecule has 22 heavy (non-hydrogen) atoms. The van der Waals surface area contributed by atoms with Crippen molar-refractivity contribution in [2.45, 2.75) is 46.1 Å². The van der Waals surface area contributed by atoms with Crippen LogP contribution in [0.1, 0.15) is 51.6 Å². The van der Waals surface area contributed by atoms with E-state index in [1.54, 1.807) is 31.4 Å². The fourth-order valence-electron chi connectivity index (χ4n) is 2.10. The summed E-state index contributed by atoms with van der Waals surface area (Å²) in [6.07, 6.45) is 1.99. The Morgan fingerprint density at radius 1 is 1.23 bits per heavy atom. The standard InChI is InChI=1S/C17H25NO4/c1-17(2,3)11-5-6-14(19)18-15(16(20)21)12-7-9-13(22-4)10-8-12/h7-10,15H,5-6,11H2,1-4H3,(H,18,19)(H,20,21). The molecule has 0 heterocycles. The van der Waals surface area contributed by atoms with Crippen molar-refractivity contribution in [2.24, 2.45) is 5.41 Å². The number of ether oxygens (including phenoxy) is 1. The zero-order chi connectivity index (χ0) is 16.8. The molecule has 0 fully saturated rings. The van der Waals surface area contributed by atoms with Crippen molar-refractivity contribution in [3.05, 3.63) is 29.8 Å². The van der Waals surface area contributed by atoms with E-state index in [-0.39, 0.29) is 11.3 Å². The van der Waals surface area contributed by atoms with E-state index in [9.17, 15) is 14.7 Å². The summed E-state index contributed by atoms with van der Waals surface area (Å²) in [5.74, 6) is -0.675. The van der Waals surface area contributed by atoms with E-state index < -0.39 is 12.0 Å². The van der Waals surface area contributed by atoms with Crippen molar-refractivity contribution in [2.75, 3.05) is 7.11 Å².